The number of nitrogens with zero attached hydrogens (tertiary/aromatic N) is 3. The first-order valence-electron chi connectivity index (χ1n) is 10.6. The lowest BCUT2D eigenvalue weighted by Gasteiger charge is -2.35. The number of aryl methyl sites for hydroxylation is 1. The summed E-state index contributed by atoms with van der Waals surface area (Å²) in [5.41, 5.74) is 1.19. The summed E-state index contributed by atoms with van der Waals surface area (Å²) in [6, 6.07) is 8.03. The van der Waals surface area contributed by atoms with Gasteiger partial charge in [0.25, 0.3) is 0 Å². The number of ether oxygens (including phenoxy) is 1. The number of likely N-dealkylation sites (tertiary alicyclic amines) is 1. The Morgan fingerprint density at radius 1 is 0.929 bits per heavy atom. The predicted molar refractivity (Wildman–Crippen MR) is 109 cm³/mol. The van der Waals surface area contributed by atoms with Crippen LogP contribution >= 0.6 is 0 Å². The molecule has 154 valence electrons. The maximum absolute atomic E-state index is 12.4. The standard InChI is InChI=1S/C22H33N3O3/c1-19-7-6-8-20(17-19)28-16-5-2-9-21(26)25-14-12-23(13-15-25)18-22(27)24-10-3-4-11-24/h6-8,17H,2-5,9-16,18H2,1H3. The van der Waals surface area contributed by atoms with Gasteiger partial charge in [0, 0.05) is 45.7 Å². The molecule has 3 rings (SSSR count). The minimum Gasteiger partial charge on any atom is -0.494 e. The van der Waals surface area contributed by atoms with Gasteiger partial charge in [-0.2, -0.15) is 0 Å². The minimum atomic E-state index is 0.223. The van der Waals surface area contributed by atoms with Crippen LogP contribution in [0.4, 0.5) is 0 Å². The average Bonchev–Trinajstić information content (AvgIpc) is 3.23. The van der Waals surface area contributed by atoms with E-state index in [4.69, 9.17) is 4.74 Å². The number of piperazine rings is 1. The minimum absolute atomic E-state index is 0.223. The van der Waals surface area contributed by atoms with E-state index in [0.29, 0.717) is 19.6 Å². The fraction of sp³-hybridized carbons (Fsp3) is 0.636. The monoisotopic (exact) mass is 387 g/mol. The quantitative estimate of drug-likeness (QED) is 0.643. The summed E-state index contributed by atoms with van der Waals surface area (Å²) >= 11 is 0. The summed E-state index contributed by atoms with van der Waals surface area (Å²) in [5, 5.41) is 0. The van der Waals surface area contributed by atoms with Gasteiger partial charge in [-0.05, 0) is 50.3 Å². The molecule has 6 nitrogen and oxygen atoms in total. The van der Waals surface area contributed by atoms with Crippen LogP contribution in [0.5, 0.6) is 5.75 Å². The van der Waals surface area contributed by atoms with Crippen LogP contribution in [0.25, 0.3) is 0 Å². The highest BCUT2D eigenvalue weighted by Gasteiger charge is 2.24. The van der Waals surface area contributed by atoms with E-state index in [9.17, 15) is 9.59 Å². The van der Waals surface area contributed by atoms with Crippen LogP contribution < -0.4 is 4.74 Å². The molecule has 0 aliphatic carbocycles. The van der Waals surface area contributed by atoms with Gasteiger partial charge in [-0.15, -0.1) is 0 Å². The first-order chi connectivity index (χ1) is 13.6. The molecule has 2 amide bonds. The van der Waals surface area contributed by atoms with Crippen LogP contribution in [0.3, 0.4) is 0 Å². The van der Waals surface area contributed by atoms with Crippen LogP contribution in [0.2, 0.25) is 0 Å². The topological polar surface area (TPSA) is 53.1 Å². The molecule has 1 aromatic rings. The molecule has 0 atom stereocenters. The highest BCUT2D eigenvalue weighted by atomic mass is 16.5. The average molecular weight is 388 g/mol. The number of carbonyl (C=O) groups is 2. The fourth-order valence-corrected chi connectivity index (χ4v) is 3.84. The normalized spacial score (nSPS) is 17.8. The van der Waals surface area contributed by atoms with E-state index >= 15 is 0 Å². The second kappa shape index (κ2) is 10.5. The zero-order chi connectivity index (χ0) is 19.8. The third-order valence-corrected chi connectivity index (χ3v) is 5.59. The smallest absolute Gasteiger partial charge is 0.236 e. The molecule has 0 unspecified atom stereocenters. The Kier molecular flexibility index (Phi) is 7.71. The fourth-order valence-electron chi connectivity index (χ4n) is 3.84. The van der Waals surface area contributed by atoms with Crippen LogP contribution in [-0.2, 0) is 9.59 Å². The number of hydrogen-bond acceptors (Lipinski definition) is 4. The van der Waals surface area contributed by atoms with Crippen molar-refractivity contribution in [3.05, 3.63) is 29.8 Å². The maximum atomic E-state index is 12.4. The molecule has 0 aromatic heterocycles. The SMILES string of the molecule is Cc1cccc(OCCCCC(=O)N2CCN(CC(=O)N3CCCC3)CC2)c1. The molecule has 0 spiro atoms. The highest BCUT2D eigenvalue weighted by molar-refractivity contribution is 5.78. The van der Waals surface area contributed by atoms with Gasteiger partial charge in [-0.25, -0.2) is 0 Å². The first-order valence-corrected chi connectivity index (χ1v) is 10.6. The molecule has 2 fully saturated rings. The second-order valence-electron chi connectivity index (χ2n) is 7.87. The van der Waals surface area contributed by atoms with Crippen LogP contribution in [0.1, 0.15) is 37.7 Å². The Bertz CT molecular complexity index is 650. The highest BCUT2D eigenvalue weighted by Crippen LogP contribution is 2.14. The zero-order valence-electron chi connectivity index (χ0n) is 17.1. The molecule has 1 aromatic carbocycles. The Morgan fingerprint density at radius 2 is 1.64 bits per heavy atom. The van der Waals surface area contributed by atoms with Crippen molar-refractivity contribution in [3.63, 3.8) is 0 Å². The summed E-state index contributed by atoms with van der Waals surface area (Å²) in [6.45, 7) is 8.05. The van der Waals surface area contributed by atoms with E-state index in [1.54, 1.807) is 0 Å². The lowest BCUT2D eigenvalue weighted by atomic mass is 10.2. The number of carbonyl (C=O) groups excluding carboxylic acids is 2. The molecule has 0 bridgehead atoms. The van der Waals surface area contributed by atoms with Gasteiger partial charge in [-0.3, -0.25) is 14.5 Å². The number of benzene rings is 1. The molecule has 2 aliphatic heterocycles. The van der Waals surface area contributed by atoms with E-state index in [1.165, 1.54) is 5.56 Å². The number of rotatable bonds is 8. The molecule has 0 N–H and O–H groups in total. The molecule has 6 heteroatoms. The molecule has 0 saturated carbocycles. The molecule has 2 aliphatic rings. The summed E-state index contributed by atoms with van der Waals surface area (Å²) in [4.78, 5) is 30.7. The Hall–Kier alpha value is -2.08. The van der Waals surface area contributed by atoms with Gasteiger partial charge in [0.15, 0.2) is 0 Å². The van der Waals surface area contributed by atoms with Crippen molar-refractivity contribution in [2.75, 3.05) is 52.4 Å². The largest absolute Gasteiger partial charge is 0.494 e. The van der Waals surface area contributed by atoms with Crippen LogP contribution in [-0.4, -0.2) is 78.9 Å². The van der Waals surface area contributed by atoms with Crippen molar-refractivity contribution >= 4 is 11.8 Å². The lowest BCUT2D eigenvalue weighted by molar-refractivity contribution is -0.134. The van der Waals surface area contributed by atoms with E-state index in [2.05, 4.69) is 4.90 Å². The first kappa shape index (κ1) is 20.6. The van der Waals surface area contributed by atoms with Gasteiger partial charge < -0.3 is 14.5 Å². The molecule has 28 heavy (non-hydrogen) atoms. The predicted octanol–water partition coefficient (Wildman–Crippen LogP) is 2.31. The Morgan fingerprint density at radius 3 is 2.36 bits per heavy atom. The zero-order valence-corrected chi connectivity index (χ0v) is 17.1. The summed E-state index contributed by atoms with van der Waals surface area (Å²) in [5.74, 6) is 1.36. The Labute approximate surface area is 168 Å². The van der Waals surface area contributed by atoms with E-state index < -0.39 is 0 Å². The van der Waals surface area contributed by atoms with Crippen LogP contribution in [0.15, 0.2) is 24.3 Å². The van der Waals surface area contributed by atoms with E-state index in [-0.39, 0.29) is 11.8 Å². The van der Waals surface area contributed by atoms with Crippen molar-refractivity contribution in [2.45, 2.75) is 39.0 Å². The van der Waals surface area contributed by atoms with Gasteiger partial charge in [0.05, 0.1) is 13.2 Å². The summed E-state index contributed by atoms with van der Waals surface area (Å²) in [7, 11) is 0. The molecular formula is C22H33N3O3. The molecule has 2 saturated heterocycles. The van der Waals surface area contributed by atoms with Crippen LogP contribution in [0, 0.1) is 6.92 Å². The molecule has 2 heterocycles. The van der Waals surface area contributed by atoms with Crippen molar-refractivity contribution in [1.29, 1.82) is 0 Å². The van der Waals surface area contributed by atoms with E-state index in [1.807, 2.05) is 41.0 Å². The van der Waals surface area contributed by atoms with Gasteiger partial charge in [0.1, 0.15) is 5.75 Å². The van der Waals surface area contributed by atoms with Gasteiger partial charge >= 0.3 is 0 Å². The van der Waals surface area contributed by atoms with Crippen molar-refractivity contribution in [1.82, 2.24) is 14.7 Å². The van der Waals surface area contributed by atoms with Crippen molar-refractivity contribution in [2.24, 2.45) is 0 Å². The van der Waals surface area contributed by atoms with Crippen molar-refractivity contribution < 1.29 is 14.3 Å². The number of hydrogen-bond donors (Lipinski definition) is 0. The third kappa shape index (κ3) is 6.23. The number of unbranched alkanes of at least 4 members (excludes halogenated alkanes) is 1. The molecular weight excluding hydrogens is 354 g/mol. The Balaban J connectivity index is 1.27. The molecule has 0 radical (unpaired) electrons. The third-order valence-electron chi connectivity index (χ3n) is 5.59. The van der Waals surface area contributed by atoms with E-state index in [0.717, 1.165) is 70.7 Å². The number of amides is 2. The summed E-state index contributed by atoms with van der Waals surface area (Å²) in [6.07, 6.45) is 4.56. The summed E-state index contributed by atoms with van der Waals surface area (Å²) < 4.78 is 5.74. The van der Waals surface area contributed by atoms with Gasteiger partial charge in [0.2, 0.25) is 11.8 Å². The second-order valence-corrected chi connectivity index (χ2v) is 7.87. The van der Waals surface area contributed by atoms with Gasteiger partial charge in [-0.1, -0.05) is 12.1 Å². The lowest BCUT2D eigenvalue weighted by Crippen LogP contribution is -2.51. The van der Waals surface area contributed by atoms with Crippen molar-refractivity contribution in [3.8, 4) is 5.75 Å². The maximum Gasteiger partial charge on any atom is 0.236 e.